The van der Waals surface area contributed by atoms with Crippen molar-refractivity contribution in [3.63, 3.8) is 0 Å². The van der Waals surface area contributed by atoms with Crippen LogP contribution in [0.2, 0.25) is 0 Å². The zero-order chi connectivity index (χ0) is 15.0. The number of benzene rings is 1. The van der Waals surface area contributed by atoms with Gasteiger partial charge in [-0.1, -0.05) is 24.3 Å². The van der Waals surface area contributed by atoms with Gasteiger partial charge in [-0.05, 0) is 49.2 Å². The lowest BCUT2D eigenvalue weighted by Gasteiger charge is -2.23. The zero-order valence-corrected chi connectivity index (χ0v) is 15.1. The number of aromatic nitrogens is 1. The SMILES string of the molecule is Cl.Cl.O=C(NCc1nccc2ccccc12)C1CC12CCNCC2. The summed E-state index contributed by atoms with van der Waals surface area (Å²) in [5, 5.41) is 8.77. The fourth-order valence-corrected chi connectivity index (χ4v) is 3.81. The van der Waals surface area contributed by atoms with Gasteiger partial charge in [-0.15, -0.1) is 24.8 Å². The molecule has 130 valence electrons. The Labute approximate surface area is 154 Å². The average Bonchev–Trinajstić information content (AvgIpc) is 3.26. The van der Waals surface area contributed by atoms with Crippen molar-refractivity contribution in [2.24, 2.45) is 11.3 Å². The van der Waals surface area contributed by atoms with Crippen molar-refractivity contribution in [1.82, 2.24) is 15.6 Å². The quantitative estimate of drug-likeness (QED) is 0.876. The van der Waals surface area contributed by atoms with Crippen LogP contribution in [0.15, 0.2) is 36.5 Å². The van der Waals surface area contributed by atoms with Crippen molar-refractivity contribution < 1.29 is 4.79 Å². The van der Waals surface area contributed by atoms with Crippen molar-refractivity contribution in [3.8, 4) is 0 Å². The average molecular weight is 368 g/mol. The van der Waals surface area contributed by atoms with E-state index in [1.165, 1.54) is 5.39 Å². The number of nitrogens with one attached hydrogen (secondary N) is 2. The van der Waals surface area contributed by atoms with Crippen LogP contribution in [-0.2, 0) is 11.3 Å². The maximum Gasteiger partial charge on any atom is 0.224 e. The highest BCUT2D eigenvalue weighted by atomic mass is 35.5. The lowest BCUT2D eigenvalue weighted by atomic mass is 9.92. The van der Waals surface area contributed by atoms with Gasteiger partial charge in [-0.3, -0.25) is 9.78 Å². The molecular formula is C18H23Cl2N3O. The smallest absolute Gasteiger partial charge is 0.224 e. The van der Waals surface area contributed by atoms with Gasteiger partial charge < -0.3 is 10.6 Å². The fourth-order valence-electron chi connectivity index (χ4n) is 3.81. The molecule has 1 aromatic carbocycles. The molecule has 2 heterocycles. The highest BCUT2D eigenvalue weighted by Crippen LogP contribution is 2.58. The Bertz CT molecular complexity index is 711. The van der Waals surface area contributed by atoms with Gasteiger partial charge in [0.2, 0.25) is 5.91 Å². The summed E-state index contributed by atoms with van der Waals surface area (Å²) in [5.41, 5.74) is 1.24. The number of hydrogen-bond acceptors (Lipinski definition) is 3. The molecule has 6 heteroatoms. The third kappa shape index (κ3) is 3.51. The maximum absolute atomic E-state index is 12.4. The predicted octanol–water partition coefficient (Wildman–Crippen LogP) is 3.08. The second kappa shape index (κ2) is 7.68. The lowest BCUT2D eigenvalue weighted by Crippen LogP contribution is -2.33. The van der Waals surface area contributed by atoms with E-state index in [4.69, 9.17) is 0 Å². The summed E-state index contributed by atoms with van der Waals surface area (Å²) in [4.78, 5) is 16.9. The number of rotatable bonds is 3. The predicted molar refractivity (Wildman–Crippen MR) is 101 cm³/mol. The molecule has 1 unspecified atom stereocenters. The summed E-state index contributed by atoms with van der Waals surface area (Å²) in [7, 11) is 0. The maximum atomic E-state index is 12.4. The third-order valence-corrected chi connectivity index (χ3v) is 5.29. The summed E-state index contributed by atoms with van der Waals surface area (Å²) >= 11 is 0. The number of halogens is 2. The molecule has 2 N–H and O–H groups in total. The van der Waals surface area contributed by atoms with Gasteiger partial charge in [0.05, 0.1) is 12.2 Å². The molecule has 1 saturated carbocycles. The number of carbonyl (C=O) groups is 1. The van der Waals surface area contributed by atoms with Gasteiger partial charge in [0.1, 0.15) is 0 Å². The third-order valence-electron chi connectivity index (χ3n) is 5.29. The van der Waals surface area contributed by atoms with Crippen molar-refractivity contribution in [2.75, 3.05) is 13.1 Å². The number of piperidine rings is 1. The minimum absolute atomic E-state index is 0. The molecule has 4 nitrogen and oxygen atoms in total. The van der Waals surface area contributed by atoms with Crippen LogP contribution < -0.4 is 10.6 Å². The van der Waals surface area contributed by atoms with E-state index < -0.39 is 0 Å². The molecule has 1 amide bonds. The van der Waals surface area contributed by atoms with E-state index in [9.17, 15) is 4.79 Å². The molecule has 4 rings (SSSR count). The largest absolute Gasteiger partial charge is 0.350 e. The molecule has 1 aromatic heterocycles. The second-order valence-electron chi connectivity index (χ2n) is 6.57. The van der Waals surface area contributed by atoms with Crippen LogP contribution in [0.4, 0.5) is 0 Å². The zero-order valence-electron chi connectivity index (χ0n) is 13.5. The monoisotopic (exact) mass is 367 g/mol. The van der Waals surface area contributed by atoms with Crippen LogP contribution in [0.3, 0.4) is 0 Å². The Kier molecular flexibility index (Phi) is 6.07. The minimum Gasteiger partial charge on any atom is -0.350 e. The van der Waals surface area contributed by atoms with Crippen LogP contribution in [-0.4, -0.2) is 24.0 Å². The van der Waals surface area contributed by atoms with Gasteiger partial charge in [0.15, 0.2) is 0 Å². The van der Waals surface area contributed by atoms with Crippen molar-refractivity contribution >= 4 is 41.5 Å². The first-order chi connectivity index (χ1) is 10.8. The number of amides is 1. The molecule has 1 saturated heterocycles. The summed E-state index contributed by atoms with van der Waals surface area (Å²) < 4.78 is 0. The van der Waals surface area contributed by atoms with E-state index in [-0.39, 0.29) is 36.6 Å². The van der Waals surface area contributed by atoms with E-state index in [1.54, 1.807) is 0 Å². The minimum atomic E-state index is 0. The fraction of sp³-hybridized carbons (Fsp3) is 0.444. The molecule has 2 aromatic rings. The van der Waals surface area contributed by atoms with Crippen molar-refractivity contribution in [2.45, 2.75) is 25.8 Å². The van der Waals surface area contributed by atoms with Crippen molar-refractivity contribution in [1.29, 1.82) is 0 Å². The Morgan fingerprint density at radius 2 is 1.96 bits per heavy atom. The van der Waals surface area contributed by atoms with Crippen LogP contribution in [0, 0.1) is 11.3 Å². The molecule has 1 atom stereocenters. The van der Waals surface area contributed by atoms with E-state index in [0.717, 1.165) is 43.4 Å². The van der Waals surface area contributed by atoms with E-state index in [1.807, 2.05) is 24.4 Å². The number of hydrogen-bond donors (Lipinski definition) is 2. The standard InChI is InChI=1S/C18H21N3O.2ClH/c22-17(15-11-18(15)6-9-19-10-7-18)21-12-16-14-4-2-1-3-13(14)5-8-20-16;;/h1-5,8,15,19H,6-7,9-12H2,(H,21,22);2*1H. The molecule has 1 spiro atoms. The van der Waals surface area contributed by atoms with Gasteiger partial charge >= 0.3 is 0 Å². The van der Waals surface area contributed by atoms with Crippen LogP contribution in [0.5, 0.6) is 0 Å². The van der Waals surface area contributed by atoms with E-state index >= 15 is 0 Å². The molecule has 1 aliphatic heterocycles. The lowest BCUT2D eigenvalue weighted by molar-refractivity contribution is -0.123. The Balaban J connectivity index is 0.00000104. The second-order valence-corrected chi connectivity index (χ2v) is 6.57. The molecule has 2 aliphatic rings. The molecular weight excluding hydrogens is 345 g/mol. The molecule has 2 fully saturated rings. The van der Waals surface area contributed by atoms with E-state index in [0.29, 0.717) is 12.0 Å². The number of fused-ring (bicyclic) bond motifs is 1. The van der Waals surface area contributed by atoms with Gasteiger partial charge in [-0.2, -0.15) is 0 Å². The summed E-state index contributed by atoms with van der Waals surface area (Å²) in [5.74, 6) is 0.418. The van der Waals surface area contributed by atoms with Crippen LogP contribution in [0.25, 0.3) is 10.8 Å². The van der Waals surface area contributed by atoms with Gasteiger partial charge in [0, 0.05) is 17.5 Å². The highest BCUT2D eigenvalue weighted by Gasteiger charge is 2.57. The summed E-state index contributed by atoms with van der Waals surface area (Å²) in [6.07, 6.45) is 5.15. The van der Waals surface area contributed by atoms with Crippen LogP contribution >= 0.6 is 24.8 Å². The normalized spacial score (nSPS) is 20.8. The first-order valence-electron chi connectivity index (χ1n) is 8.10. The molecule has 1 aliphatic carbocycles. The van der Waals surface area contributed by atoms with Crippen LogP contribution in [0.1, 0.15) is 25.0 Å². The first kappa shape index (κ1) is 19.0. The van der Waals surface area contributed by atoms with E-state index in [2.05, 4.69) is 27.8 Å². The van der Waals surface area contributed by atoms with Gasteiger partial charge in [0.25, 0.3) is 0 Å². The number of carbonyl (C=O) groups excluding carboxylic acids is 1. The summed E-state index contributed by atoms with van der Waals surface area (Å²) in [6, 6.07) is 10.2. The van der Waals surface area contributed by atoms with Crippen molar-refractivity contribution in [3.05, 3.63) is 42.2 Å². The Hall–Kier alpha value is -1.36. The Morgan fingerprint density at radius 1 is 1.21 bits per heavy atom. The first-order valence-corrected chi connectivity index (χ1v) is 8.10. The number of nitrogens with zero attached hydrogens (tertiary/aromatic N) is 1. The summed E-state index contributed by atoms with van der Waals surface area (Å²) in [6.45, 7) is 2.62. The Morgan fingerprint density at radius 3 is 2.75 bits per heavy atom. The molecule has 24 heavy (non-hydrogen) atoms. The number of pyridine rings is 1. The molecule has 0 bridgehead atoms. The topological polar surface area (TPSA) is 54.0 Å². The van der Waals surface area contributed by atoms with Gasteiger partial charge in [-0.25, -0.2) is 0 Å². The highest BCUT2D eigenvalue weighted by molar-refractivity contribution is 5.86. The molecule has 0 radical (unpaired) electrons.